The fourth-order valence-corrected chi connectivity index (χ4v) is 4.74. The van der Waals surface area contributed by atoms with Crippen LogP contribution in [0.1, 0.15) is 47.5 Å². The standard InChI is InChI=1S/C26H23ClN2O4/c27-20-4-2-19(3-5-20)22-6-7-23(33-22)21(30)15-18-1-8-24(29-16-18)25(17-28)9-11-26(12-10-25)31-13-14-32-26/h1-8,16H,9-15H2. The molecule has 168 valence electrons. The first-order valence-corrected chi connectivity index (χ1v) is 11.4. The van der Waals surface area contributed by atoms with E-state index in [0.717, 1.165) is 16.8 Å². The summed E-state index contributed by atoms with van der Waals surface area (Å²) in [5, 5.41) is 10.6. The maximum atomic E-state index is 12.7. The van der Waals surface area contributed by atoms with E-state index in [-0.39, 0.29) is 12.2 Å². The Hall–Kier alpha value is -2.98. The van der Waals surface area contributed by atoms with Crippen molar-refractivity contribution in [3.8, 4) is 17.4 Å². The summed E-state index contributed by atoms with van der Waals surface area (Å²) in [6, 6.07) is 16.9. The third kappa shape index (κ3) is 4.32. The van der Waals surface area contributed by atoms with E-state index in [1.807, 2.05) is 24.3 Å². The molecule has 1 aromatic carbocycles. The number of rotatable bonds is 5. The number of hydrogen-bond donors (Lipinski definition) is 0. The number of ketones is 1. The number of Topliss-reactive ketones (excluding diaryl/α,β-unsaturated/α-hetero) is 1. The van der Waals surface area contributed by atoms with E-state index >= 15 is 0 Å². The highest BCUT2D eigenvalue weighted by atomic mass is 35.5. The van der Waals surface area contributed by atoms with Crippen molar-refractivity contribution in [1.82, 2.24) is 4.98 Å². The first-order valence-electron chi connectivity index (χ1n) is 11.0. The molecule has 0 bridgehead atoms. The lowest BCUT2D eigenvalue weighted by Gasteiger charge is -2.39. The Kier molecular flexibility index (Phi) is 5.79. The SMILES string of the molecule is N#CC1(c2ccc(CC(=O)c3ccc(-c4ccc(Cl)cc4)o3)cn2)CCC2(CC1)OCCO2. The van der Waals surface area contributed by atoms with Crippen LogP contribution in [0.25, 0.3) is 11.3 Å². The van der Waals surface area contributed by atoms with Crippen LogP contribution in [0.5, 0.6) is 0 Å². The van der Waals surface area contributed by atoms with Crippen LogP contribution < -0.4 is 0 Å². The Labute approximate surface area is 197 Å². The van der Waals surface area contributed by atoms with Crippen molar-refractivity contribution >= 4 is 17.4 Å². The second-order valence-electron chi connectivity index (χ2n) is 8.62. The number of benzene rings is 1. The van der Waals surface area contributed by atoms with Gasteiger partial charge >= 0.3 is 0 Å². The van der Waals surface area contributed by atoms with Gasteiger partial charge in [0.2, 0.25) is 5.78 Å². The number of ether oxygens (including phenoxy) is 2. The molecule has 6 nitrogen and oxygen atoms in total. The number of carbonyl (C=O) groups is 1. The fraction of sp³-hybridized carbons (Fsp3) is 0.346. The quantitative estimate of drug-likeness (QED) is 0.465. The summed E-state index contributed by atoms with van der Waals surface area (Å²) in [6.07, 6.45) is 4.48. The first kappa shape index (κ1) is 21.8. The molecule has 2 aliphatic rings. The Morgan fingerprint density at radius 1 is 1.00 bits per heavy atom. The topological polar surface area (TPSA) is 85.4 Å². The van der Waals surface area contributed by atoms with E-state index < -0.39 is 11.2 Å². The molecule has 2 aromatic heterocycles. The van der Waals surface area contributed by atoms with Crippen LogP contribution in [0.2, 0.25) is 5.02 Å². The van der Waals surface area contributed by atoms with Crippen molar-refractivity contribution < 1.29 is 18.7 Å². The van der Waals surface area contributed by atoms with Gasteiger partial charge in [0.25, 0.3) is 0 Å². The lowest BCUT2D eigenvalue weighted by atomic mass is 9.70. The van der Waals surface area contributed by atoms with Crippen LogP contribution in [0.3, 0.4) is 0 Å². The van der Waals surface area contributed by atoms with E-state index in [4.69, 9.17) is 25.5 Å². The van der Waals surface area contributed by atoms with Gasteiger partial charge in [-0.15, -0.1) is 0 Å². The zero-order chi connectivity index (χ0) is 22.9. The van der Waals surface area contributed by atoms with Crippen molar-refractivity contribution in [1.29, 1.82) is 5.26 Å². The minimum absolute atomic E-state index is 0.130. The molecule has 3 aromatic rings. The molecule has 33 heavy (non-hydrogen) atoms. The molecule has 0 N–H and O–H groups in total. The van der Waals surface area contributed by atoms with E-state index in [0.29, 0.717) is 55.4 Å². The lowest BCUT2D eigenvalue weighted by molar-refractivity contribution is -0.182. The van der Waals surface area contributed by atoms with Gasteiger partial charge in [-0.3, -0.25) is 9.78 Å². The summed E-state index contributed by atoms with van der Waals surface area (Å²) < 4.78 is 17.3. The molecule has 7 heteroatoms. The Morgan fingerprint density at radius 2 is 1.73 bits per heavy atom. The number of aromatic nitrogens is 1. The van der Waals surface area contributed by atoms with Crippen LogP contribution in [-0.4, -0.2) is 29.8 Å². The van der Waals surface area contributed by atoms with E-state index in [2.05, 4.69) is 11.1 Å². The number of halogens is 1. The van der Waals surface area contributed by atoms with Gasteiger partial charge in [-0.2, -0.15) is 5.26 Å². The fourth-order valence-electron chi connectivity index (χ4n) is 4.61. The summed E-state index contributed by atoms with van der Waals surface area (Å²) in [6.45, 7) is 1.22. The molecule has 1 aliphatic carbocycles. The molecule has 1 aliphatic heterocycles. The summed E-state index contributed by atoms with van der Waals surface area (Å²) in [7, 11) is 0. The number of furan rings is 1. The predicted octanol–water partition coefficient (Wildman–Crippen LogP) is 5.50. The lowest BCUT2D eigenvalue weighted by Crippen LogP contribution is -2.41. The van der Waals surface area contributed by atoms with E-state index in [1.165, 1.54) is 0 Å². The minimum atomic E-state index is -0.655. The van der Waals surface area contributed by atoms with E-state index in [9.17, 15) is 10.1 Å². The maximum absolute atomic E-state index is 12.7. The molecule has 1 saturated carbocycles. The van der Waals surface area contributed by atoms with Crippen LogP contribution >= 0.6 is 11.6 Å². The number of nitrogens with zero attached hydrogens (tertiary/aromatic N) is 2. The molecule has 2 fully saturated rings. The molecule has 0 unspecified atom stereocenters. The smallest absolute Gasteiger partial charge is 0.202 e. The monoisotopic (exact) mass is 462 g/mol. The highest BCUT2D eigenvalue weighted by Crippen LogP contribution is 2.45. The van der Waals surface area contributed by atoms with Gasteiger partial charge in [0.05, 0.1) is 30.4 Å². The zero-order valence-corrected chi connectivity index (χ0v) is 18.8. The van der Waals surface area contributed by atoms with Crippen molar-refractivity contribution in [3.05, 3.63) is 76.8 Å². The summed E-state index contributed by atoms with van der Waals surface area (Å²) in [5.74, 6) is 0.256. The molecule has 3 heterocycles. The normalized spacial score (nSPS) is 18.8. The predicted molar refractivity (Wildman–Crippen MR) is 122 cm³/mol. The van der Waals surface area contributed by atoms with Crippen molar-refractivity contribution in [2.75, 3.05) is 13.2 Å². The number of carbonyl (C=O) groups excluding carboxylic acids is 1. The molecular weight excluding hydrogens is 440 g/mol. The molecule has 5 rings (SSSR count). The van der Waals surface area contributed by atoms with Gasteiger partial charge in [0.1, 0.15) is 5.76 Å². The summed E-state index contributed by atoms with van der Waals surface area (Å²) >= 11 is 5.93. The molecular formula is C26H23ClN2O4. The van der Waals surface area contributed by atoms with Crippen LogP contribution in [0.15, 0.2) is 59.1 Å². The number of hydrogen-bond acceptors (Lipinski definition) is 6. The molecule has 0 atom stereocenters. The Balaban J connectivity index is 1.26. The van der Waals surface area contributed by atoms with Crippen LogP contribution in [0, 0.1) is 11.3 Å². The Morgan fingerprint density at radius 3 is 2.36 bits per heavy atom. The zero-order valence-electron chi connectivity index (χ0n) is 18.1. The second-order valence-corrected chi connectivity index (χ2v) is 9.06. The molecule has 1 saturated heterocycles. The van der Waals surface area contributed by atoms with E-state index in [1.54, 1.807) is 30.5 Å². The average Bonchev–Trinajstić information content (AvgIpc) is 3.52. The van der Waals surface area contributed by atoms with Gasteiger partial charge in [-0.1, -0.05) is 17.7 Å². The molecule has 1 spiro atoms. The number of nitriles is 1. The average molecular weight is 463 g/mol. The Bertz CT molecular complexity index is 1180. The van der Waals surface area contributed by atoms with Gasteiger partial charge in [0.15, 0.2) is 11.5 Å². The van der Waals surface area contributed by atoms with Crippen molar-refractivity contribution in [2.45, 2.75) is 43.3 Å². The maximum Gasteiger partial charge on any atom is 0.202 e. The van der Waals surface area contributed by atoms with Crippen molar-refractivity contribution in [3.63, 3.8) is 0 Å². The molecule has 0 amide bonds. The first-order chi connectivity index (χ1) is 16.0. The third-order valence-corrected chi connectivity index (χ3v) is 6.83. The largest absolute Gasteiger partial charge is 0.453 e. The number of pyridine rings is 1. The van der Waals surface area contributed by atoms with Gasteiger partial charge in [-0.05, 0) is 60.9 Å². The van der Waals surface area contributed by atoms with Gasteiger partial charge in [0, 0.05) is 36.0 Å². The van der Waals surface area contributed by atoms with Crippen LogP contribution in [-0.2, 0) is 21.3 Å². The second kappa shape index (κ2) is 8.75. The van der Waals surface area contributed by atoms with Crippen LogP contribution in [0.4, 0.5) is 0 Å². The third-order valence-electron chi connectivity index (χ3n) is 6.58. The highest BCUT2D eigenvalue weighted by molar-refractivity contribution is 6.30. The summed E-state index contributed by atoms with van der Waals surface area (Å²) in [5.41, 5.74) is 1.71. The van der Waals surface area contributed by atoms with Crippen molar-refractivity contribution in [2.24, 2.45) is 0 Å². The molecule has 0 radical (unpaired) electrons. The summed E-state index contributed by atoms with van der Waals surface area (Å²) in [4.78, 5) is 17.3. The highest BCUT2D eigenvalue weighted by Gasteiger charge is 2.48. The van der Waals surface area contributed by atoms with Gasteiger partial charge in [-0.25, -0.2) is 0 Å². The van der Waals surface area contributed by atoms with Gasteiger partial charge < -0.3 is 13.9 Å². The minimum Gasteiger partial charge on any atom is -0.453 e.